The fourth-order valence-electron chi connectivity index (χ4n) is 3.58. The minimum atomic E-state index is -0.124. The molecule has 0 spiro atoms. The molecule has 1 aliphatic heterocycles. The van der Waals surface area contributed by atoms with E-state index < -0.39 is 0 Å². The van der Waals surface area contributed by atoms with E-state index >= 15 is 0 Å². The summed E-state index contributed by atoms with van der Waals surface area (Å²) >= 11 is 1.59. The lowest BCUT2D eigenvalue weighted by Crippen LogP contribution is -2.52. The van der Waals surface area contributed by atoms with Gasteiger partial charge in [0.15, 0.2) is 5.82 Å². The van der Waals surface area contributed by atoms with Crippen LogP contribution in [0.3, 0.4) is 0 Å². The molecule has 1 fully saturated rings. The summed E-state index contributed by atoms with van der Waals surface area (Å²) in [5, 5.41) is 12.4. The number of urea groups is 1. The Hall–Kier alpha value is -2.81. The largest absolute Gasteiger partial charge is 0.364 e. The van der Waals surface area contributed by atoms with Crippen LogP contribution in [0.5, 0.6) is 0 Å². The Balaban J connectivity index is 1.57. The fraction of sp³-hybridized carbons (Fsp3) is 0.500. The highest BCUT2D eigenvalue weighted by Crippen LogP contribution is 2.34. The molecule has 8 nitrogen and oxygen atoms in total. The number of nitrogens with one attached hydrogen (secondary N) is 2. The van der Waals surface area contributed by atoms with Gasteiger partial charge in [0, 0.05) is 43.8 Å². The maximum atomic E-state index is 12.2. The van der Waals surface area contributed by atoms with Crippen molar-refractivity contribution in [2.24, 2.45) is 0 Å². The molecular weight excluding hydrogens is 410 g/mol. The smallest absolute Gasteiger partial charge is 0.317 e. The number of hydrogen-bond acceptors (Lipinski definition) is 6. The van der Waals surface area contributed by atoms with Crippen molar-refractivity contribution in [3.63, 3.8) is 0 Å². The van der Waals surface area contributed by atoms with Crippen molar-refractivity contribution in [2.45, 2.75) is 39.7 Å². The predicted octanol–water partition coefficient (Wildman–Crippen LogP) is 3.91. The lowest BCUT2D eigenvalue weighted by Gasteiger charge is -2.34. The van der Waals surface area contributed by atoms with Crippen LogP contribution in [0.25, 0.3) is 16.2 Å². The van der Waals surface area contributed by atoms with Gasteiger partial charge in [-0.2, -0.15) is 4.52 Å². The zero-order valence-corrected chi connectivity index (χ0v) is 19.5. The molecule has 166 valence electrons. The number of aromatic nitrogens is 3. The molecular formula is C22H31N7OS. The Morgan fingerprint density at radius 3 is 2.48 bits per heavy atom. The Morgan fingerprint density at radius 2 is 1.84 bits per heavy atom. The van der Waals surface area contributed by atoms with Gasteiger partial charge in [0.1, 0.15) is 5.69 Å². The summed E-state index contributed by atoms with van der Waals surface area (Å²) in [4.78, 5) is 22.1. The molecule has 3 aromatic rings. The van der Waals surface area contributed by atoms with E-state index in [1.54, 1.807) is 11.3 Å². The first-order valence-corrected chi connectivity index (χ1v) is 11.7. The molecule has 3 heterocycles. The summed E-state index contributed by atoms with van der Waals surface area (Å²) in [5.74, 6) is 0.911. The molecule has 4 rings (SSSR count). The Labute approximate surface area is 187 Å². The van der Waals surface area contributed by atoms with E-state index in [4.69, 9.17) is 10.1 Å². The number of carbonyl (C=O) groups excluding carboxylic acids is 1. The Kier molecular flexibility index (Phi) is 6.04. The molecule has 1 aromatic carbocycles. The quantitative estimate of drug-likeness (QED) is 0.628. The maximum Gasteiger partial charge on any atom is 0.317 e. The number of nitrogens with zero attached hydrogens (tertiary/aromatic N) is 5. The van der Waals surface area contributed by atoms with Crippen LogP contribution in [0.4, 0.5) is 15.7 Å². The van der Waals surface area contributed by atoms with E-state index in [9.17, 15) is 4.79 Å². The third-order valence-electron chi connectivity index (χ3n) is 5.10. The number of piperazine rings is 1. The molecule has 9 heteroatoms. The van der Waals surface area contributed by atoms with Crippen molar-refractivity contribution in [2.75, 3.05) is 42.9 Å². The van der Waals surface area contributed by atoms with E-state index in [-0.39, 0.29) is 11.6 Å². The molecule has 1 aliphatic rings. The zero-order chi connectivity index (χ0) is 22.0. The number of hydrogen-bond donors (Lipinski definition) is 2. The topological polar surface area (TPSA) is 77.8 Å². The third-order valence-corrected chi connectivity index (χ3v) is 6.07. The van der Waals surface area contributed by atoms with Gasteiger partial charge in [-0.05, 0) is 27.2 Å². The number of anilines is 2. The maximum absolute atomic E-state index is 12.2. The van der Waals surface area contributed by atoms with Crippen LogP contribution in [0, 0.1) is 0 Å². The SMILES string of the molecule is CCCNC(=O)N1CCN(c2nn3c(NC(C)(C)C)c(-c4ccccc4)nc3s2)CC1. The normalized spacial score (nSPS) is 14.8. The number of rotatable bonds is 5. The number of benzene rings is 1. The first kappa shape index (κ1) is 21.4. The summed E-state index contributed by atoms with van der Waals surface area (Å²) in [7, 11) is 0. The van der Waals surface area contributed by atoms with Crippen LogP contribution in [-0.2, 0) is 0 Å². The van der Waals surface area contributed by atoms with Gasteiger partial charge in [-0.25, -0.2) is 9.78 Å². The third kappa shape index (κ3) is 4.76. The molecule has 0 aliphatic carbocycles. The molecule has 31 heavy (non-hydrogen) atoms. The van der Waals surface area contributed by atoms with Crippen molar-refractivity contribution in [3.8, 4) is 11.3 Å². The van der Waals surface area contributed by atoms with Gasteiger partial charge in [0.2, 0.25) is 10.1 Å². The average Bonchev–Trinajstić information content (AvgIpc) is 3.31. The zero-order valence-electron chi connectivity index (χ0n) is 18.7. The average molecular weight is 442 g/mol. The van der Waals surface area contributed by atoms with E-state index in [2.05, 4.69) is 55.4 Å². The van der Waals surface area contributed by atoms with Crippen LogP contribution < -0.4 is 15.5 Å². The number of imidazole rings is 1. The van der Waals surface area contributed by atoms with Gasteiger partial charge in [-0.3, -0.25) is 0 Å². The van der Waals surface area contributed by atoms with Crippen molar-refractivity contribution >= 4 is 33.3 Å². The van der Waals surface area contributed by atoms with Gasteiger partial charge in [-0.1, -0.05) is 48.6 Å². The highest BCUT2D eigenvalue weighted by Gasteiger charge is 2.26. The molecule has 2 aromatic heterocycles. The van der Waals surface area contributed by atoms with Crippen LogP contribution in [0.1, 0.15) is 34.1 Å². The molecule has 2 N–H and O–H groups in total. The van der Waals surface area contributed by atoms with Gasteiger partial charge in [0.05, 0.1) is 0 Å². The molecule has 0 saturated carbocycles. The van der Waals surface area contributed by atoms with E-state index in [1.165, 1.54) is 0 Å². The summed E-state index contributed by atoms with van der Waals surface area (Å²) in [5.41, 5.74) is 1.86. The molecule has 1 saturated heterocycles. The van der Waals surface area contributed by atoms with E-state index in [0.717, 1.165) is 53.2 Å². The monoisotopic (exact) mass is 441 g/mol. The van der Waals surface area contributed by atoms with Crippen LogP contribution >= 0.6 is 11.3 Å². The van der Waals surface area contributed by atoms with Gasteiger partial charge in [-0.15, -0.1) is 5.10 Å². The van der Waals surface area contributed by atoms with Crippen molar-refractivity contribution in [1.29, 1.82) is 0 Å². The Morgan fingerprint density at radius 1 is 1.13 bits per heavy atom. The van der Waals surface area contributed by atoms with Crippen LogP contribution in [0.2, 0.25) is 0 Å². The second-order valence-corrected chi connectivity index (χ2v) is 9.77. The fourth-order valence-corrected chi connectivity index (χ4v) is 4.53. The summed E-state index contributed by atoms with van der Waals surface area (Å²) in [6, 6.07) is 10.2. The van der Waals surface area contributed by atoms with E-state index in [0.29, 0.717) is 13.1 Å². The first-order chi connectivity index (χ1) is 14.9. The summed E-state index contributed by atoms with van der Waals surface area (Å²) in [6.45, 7) is 12.1. The second kappa shape index (κ2) is 8.74. The molecule has 0 bridgehead atoms. The number of fused-ring (bicyclic) bond motifs is 1. The van der Waals surface area contributed by atoms with Gasteiger partial charge < -0.3 is 20.4 Å². The van der Waals surface area contributed by atoms with Crippen molar-refractivity contribution in [1.82, 2.24) is 24.8 Å². The molecule has 0 unspecified atom stereocenters. The lowest BCUT2D eigenvalue weighted by atomic mass is 10.1. The second-order valence-electron chi connectivity index (χ2n) is 8.84. The van der Waals surface area contributed by atoms with Crippen molar-refractivity contribution in [3.05, 3.63) is 30.3 Å². The van der Waals surface area contributed by atoms with Crippen molar-refractivity contribution < 1.29 is 4.79 Å². The molecule has 2 amide bonds. The van der Waals surface area contributed by atoms with Gasteiger partial charge >= 0.3 is 6.03 Å². The minimum Gasteiger partial charge on any atom is -0.364 e. The highest BCUT2D eigenvalue weighted by atomic mass is 32.1. The molecule has 0 radical (unpaired) electrons. The van der Waals surface area contributed by atoms with Gasteiger partial charge in [0.25, 0.3) is 0 Å². The van der Waals surface area contributed by atoms with Crippen LogP contribution in [-0.4, -0.2) is 63.8 Å². The Bertz CT molecular complexity index is 1030. The first-order valence-electron chi connectivity index (χ1n) is 10.9. The standard InChI is InChI=1S/C22H31N7OS/c1-5-11-23-19(30)27-12-14-28(15-13-27)21-26-29-18(25-22(2,3)4)17(24-20(29)31-21)16-9-7-6-8-10-16/h6-10,25H,5,11-15H2,1-4H3,(H,23,30). The predicted molar refractivity (Wildman–Crippen MR) is 127 cm³/mol. The minimum absolute atomic E-state index is 0.0274. The lowest BCUT2D eigenvalue weighted by molar-refractivity contribution is 0.194. The number of amides is 2. The summed E-state index contributed by atoms with van der Waals surface area (Å²) < 4.78 is 1.92. The van der Waals surface area contributed by atoms with E-state index in [1.807, 2.05) is 27.6 Å². The number of carbonyl (C=O) groups is 1. The van der Waals surface area contributed by atoms with Crippen LogP contribution in [0.15, 0.2) is 30.3 Å². The molecule has 0 atom stereocenters. The summed E-state index contributed by atoms with van der Waals surface area (Å²) in [6.07, 6.45) is 0.945. The highest BCUT2D eigenvalue weighted by molar-refractivity contribution is 7.20.